The molecule has 212 valence electrons. The Hall–Kier alpha value is -2.91. The monoisotopic (exact) mass is 608 g/mol. The SMILES string of the molecule is Cc1c(Br)cccc1OCC1CC2(CCN(CCOc3ccc4c(C5CCC(=O)NC5=O)nn(C)c4c3)CC2)C1. The summed E-state index contributed by atoms with van der Waals surface area (Å²) in [6.07, 6.45) is 5.89. The third-order valence-electron chi connectivity index (χ3n) is 9.15. The van der Waals surface area contributed by atoms with E-state index in [0.29, 0.717) is 30.8 Å². The Morgan fingerprint density at radius 1 is 1.12 bits per heavy atom. The Balaban J connectivity index is 0.953. The number of hydrogen-bond donors (Lipinski definition) is 1. The molecule has 1 saturated carbocycles. The molecule has 8 nitrogen and oxygen atoms in total. The normalized spacial score (nSPS) is 21.4. The molecule has 2 aromatic carbocycles. The highest BCUT2D eigenvalue weighted by Gasteiger charge is 2.45. The molecule has 3 aliphatic rings. The first-order valence-electron chi connectivity index (χ1n) is 14.3. The van der Waals surface area contributed by atoms with Crippen molar-refractivity contribution in [1.82, 2.24) is 20.0 Å². The van der Waals surface area contributed by atoms with Gasteiger partial charge in [-0.2, -0.15) is 5.10 Å². The van der Waals surface area contributed by atoms with Crippen LogP contribution in [0.3, 0.4) is 0 Å². The summed E-state index contributed by atoms with van der Waals surface area (Å²) >= 11 is 3.59. The van der Waals surface area contributed by atoms with Gasteiger partial charge in [-0.3, -0.25) is 24.5 Å². The van der Waals surface area contributed by atoms with Crippen molar-refractivity contribution in [3.05, 3.63) is 52.1 Å². The molecule has 1 atom stereocenters. The van der Waals surface area contributed by atoms with E-state index in [1.54, 1.807) is 4.68 Å². The second-order valence-corrected chi connectivity index (χ2v) is 12.7. The molecule has 1 N–H and O–H groups in total. The van der Waals surface area contributed by atoms with E-state index < -0.39 is 5.92 Å². The molecule has 3 aromatic rings. The number of likely N-dealkylation sites (tertiary alicyclic amines) is 1. The molecule has 3 fully saturated rings. The molecule has 1 spiro atoms. The number of halogens is 1. The summed E-state index contributed by atoms with van der Waals surface area (Å²) < 4.78 is 15.2. The molecule has 0 radical (unpaired) electrons. The highest BCUT2D eigenvalue weighted by atomic mass is 79.9. The number of hydrogen-bond acceptors (Lipinski definition) is 6. The van der Waals surface area contributed by atoms with Gasteiger partial charge in [0.15, 0.2) is 0 Å². The number of imide groups is 1. The zero-order valence-corrected chi connectivity index (χ0v) is 24.8. The number of aryl methyl sites for hydroxylation is 1. The molecule has 2 amide bonds. The van der Waals surface area contributed by atoms with Crippen LogP contribution in [-0.4, -0.2) is 59.3 Å². The minimum Gasteiger partial charge on any atom is -0.493 e. The first kappa shape index (κ1) is 27.3. The van der Waals surface area contributed by atoms with Crippen molar-refractivity contribution in [2.24, 2.45) is 18.4 Å². The van der Waals surface area contributed by atoms with Crippen LogP contribution in [-0.2, 0) is 16.6 Å². The predicted molar refractivity (Wildman–Crippen MR) is 157 cm³/mol. The summed E-state index contributed by atoms with van der Waals surface area (Å²) in [6.45, 7) is 6.70. The highest BCUT2D eigenvalue weighted by Crippen LogP contribution is 2.52. The van der Waals surface area contributed by atoms with Crippen LogP contribution in [0.5, 0.6) is 11.5 Å². The highest BCUT2D eigenvalue weighted by molar-refractivity contribution is 9.10. The summed E-state index contributed by atoms with van der Waals surface area (Å²) in [5.41, 5.74) is 3.33. The van der Waals surface area contributed by atoms with Crippen molar-refractivity contribution in [2.45, 2.75) is 51.4 Å². The first-order valence-corrected chi connectivity index (χ1v) is 15.1. The van der Waals surface area contributed by atoms with Gasteiger partial charge in [0.25, 0.3) is 0 Å². The van der Waals surface area contributed by atoms with Crippen LogP contribution < -0.4 is 14.8 Å². The number of nitrogens with one attached hydrogen (secondary N) is 1. The average Bonchev–Trinajstić information content (AvgIpc) is 3.24. The predicted octanol–water partition coefficient (Wildman–Crippen LogP) is 5.11. The van der Waals surface area contributed by atoms with Gasteiger partial charge in [0.1, 0.15) is 18.1 Å². The minimum atomic E-state index is -0.399. The van der Waals surface area contributed by atoms with E-state index in [0.717, 1.165) is 58.8 Å². The van der Waals surface area contributed by atoms with Gasteiger partial charge in [-0.1, -0.05) is 22.0 Å². The third-order valence-corrected chi connectivity index (χ3v) is 10.0. The van der Waals surface area contributed by atoms with Gasteiger partial charge in [-0.15, -0.1) is 0 Å². The molecule has 2 aliphatic heterocycles. The third kappa shape index (κ3) is 5.50. The topological polar surface area (TPSA) is 85.7 Å². The molecular weight excluding hydrogens is 572 g/mol. The standard InChI is InChI=1S/C31H37BrN4O4/c1-20-25(32)4-3-5-27(20)40-19-21-17-31(18-21)10-12-36(13-11-31)14-15-39-22-6-7-23-26(16-22)35(2)34-29(23)24-8-9-28(37)33-30(24)38/h3-7,16,21,24H,8-15,17-19H2,1-2H3,(H,33,37,38). The molecule has 1 aliphatic carbocycles. The molecule has 40 heavy (non-hydrogen) atoms. The zero-order valence-electron chi connectivity index (χ0n) is 23.2. The van der Waals surface area contributed by atoms with Gasteiger partial charge in [-0.25, -0.2) is 0 Å². The van der Waals surface area contributed by atoms with Gasteiger partial charge >= 0.3 is 0 Å². The lowest BCUT2D eigenvalue weighted by molar-refractivity contribution is -0.134. The molecule has 1 unspecified atom stereocenters. The summed E-state index contributed by atoms with van der Waals surface area (Å²) in [6, 6.07) is 12.1. The smallest absolute Gasteiger partial charge is 0.235 e. The van der Waals surface area contributed by atoms with Gasteiger partial charge < -0.3 is 9.47 Å². The molecule has 6 rings (SSSR count). The quantitative estimate of drug-likeness (QED) is 0.358. The fourth-order valence-electron chi connectivity index (χ4n) is 6.75. The van der Waals surface area contributed by atoms with Gasteiger partial charge in [0, 0.05) is 41.5 Å². The summed E-state index contributed by atoms with van der Waals surface area (Å²) in [5, 5.41) is 7.99. The number of rotatable bonds is 8. The van der Waals surface area contributed by atoms with E-state index in [1.165, 1.54) is 31.2 Å². The van der Waals surface area contributed by atoms with E-state index in [-0.39, 0.29) is 11.8 Å². The van der Waals surface area contributed by atoms with Crippen LogP contribution in [0.25, 0.3) is 10.9 Å². The molecule has 2 saturated heterocycles. The maximum Gasteiger partial charge on any atom is 0.235 e. The zero-order chi connectivity index (χ0) is 27.9. The fourth-order valence-corrected chi connectivity index (χ4v) is 7.10. The summed E-state index contributed by atoms with van der Waals surface area (Å²) in [5.74, 6) is 1.58. The van der Waals surface area contributed by atoms with Crippen LogP contribution in [0.1, 0.15) is 55.7 Å². The van der Waals surface area contributed by atoms with Crippen molar-refractivity contribution in [1.29, 1.82) is 0 Å². The maximum absolute atomic E-state index is 12.4. The van der Waals surface area contributed by atoms with E-state index in [9.17, 15) is 9.59 Å². The van der Waals surface area contributed by atoms with Crippen LogP contribution in [0.15, 0.2) is 40.9 Å². The number of ether oxygens (including phenoxy) is 2. The van der Waals surface area contributed by atoms with Crippen molar-refractivity contribution in [3.8, 4) is 11.5 Å². The fraction of sp³-hybridized carbons (Fsp3) is 0.516. The number of carbonyl (C=O) groups excluding carboxylic acids is 2. The lowest BCUT2D eigenvalue weighted by Gasteiger charge is -2.52. The number of benzene rings is 2. The molecule has 1 aromatic heterocycles. The molecule has 3 heterocycles. The maximum atomic E-state index is 12.4. The first-order chi connectivity index (χ1) is 19.3. The Kier molecular flexibility index (Phi) is 7.61. The van der Waals surface area contributed by atoms with Crippen LogP contribution in [0, 0.1) is 18.3 Å². The lowest BCUT2D eigenvalue weighted by Crippen LogP contribution is -2.49. The van der Waals surface area contributed by atoms with E-state index in [4.69, 9.17) is 9.47 Å². The Morgan fingerprint density at radius 3 is 2.70 bits per heavy atom. The number of piperidine rings is 2. The van der Waals surface area contributed by atoms with Crippen LogP contribution in [0.2, 0.25) is 0 Å². The number of aromatic nitrogens is 2. The Labute approximate surface area is 243 Å². The van der Waals surface area contributed by atoms with Crippen molar-refractivity contribution in [3.63, 3.8) is 0 Å². The second kappa shape index (κ2) is 11.2. The van der Waals surface area contributed by atoms with Crippen LogP contribution >= 0.6 is 15.9 Å². The van der Waals surface area contributed by atoms with E-state index in [1.807, 2.05) is 31.3 Å². The van der Waals surface area contributed by atoms with E-state index in [2.05, 4.69) is 50.3 Å². The van der Waals surface area contributed by atoms with Crippen molar-refractivity contribution in [2.75, 3.05) is 32.8 Å². The minimum absolute atomic E-state index is 0.213. The van der Waals surface area contributed by atoms with Crippen molar-refractivity contribution < 1.29 is 19.1 Å². The largest absolute Gasteiger partial charge is 0.493 e. The Bertz CT molecular complexity index is 1420. The number of carbonyl (C=O) groups is 2. The van der Waals surface area contributed by atoms with Crippen molar-refractivity contribution >= 4 is 38.6 Å². The van der Waals surface area contributed by atoms with Gasteiger partial charge in [0.05, 0.1) is 23.7 Å². The molecule has 0 bridgehead atoms. The number of amides is 2. The Morgan fingerprint density at radius 2 is 1.93 bits per heavy atom. The average molecular weight is 610 g/mol. The second-order valence-electron chi connectivity index (χ2n) is 11.8. The number of fused-ring (bicyclic) bond motifs is 1. The molecule has 9 heteroatoms. The van der Waals surface area contributed by atoms with E-state index >= 15 is 0 Å². The number of nitrogens with zero attached hydrogens (tertiary/aromatic N) is 3. The van der Waals surface area contributed by atoms with Gasteiger partial charge in [-0.05, 0) is 87.7 Å². The van der Waals surface area contributed by atoms with Crippen LogP contribution in [0.4, 0.5) is 0 Å². The molecular formula is C31H37BrN4O4. The lowest BCUT2D eigenvalue weighted by atomic mass is 9.58. The summed E-state index contributed by atoms with van der Waals surface area (Å²) in [7, 11) is 1.88. The van der Waals surface area contributed by atoms with Gasteiger partial charge in [0.2, 0.25) is 11.8 Å². The summed E-state index contributed by atoms with van der Waals surface area (Å²) in [4.78, 5) is 26.4.